The van der Waals surface area contributed by atoms with Crippen LogP contribution >= 0.6 is 0 Å². The molecule has 0 unspecified atom stereocenters. The minimum Gasteiger partial charge on any atom is -0.423 e. The predicted molar refractivity (Wildman–Crippen MR) is 140 cm³/mol. The van der Waals surface area contributed by atoms with Gasteiger partial charge >= 0.3 is 0 Å². The molecule has 180 valence electrons. The van der Waals surface area contributed by atoms with Crippen LogP contribution in [0.1, 0.15) is 32.1 Å². The number of allylic oxidation sites excluding steroid dienone is 2. The lowest BCUT2D eigenvalue weighted by molar-refractivity contribution is -0.105. The number of carbonyl (C=O) groups is 1. The van der Waals surface area contributed by atoms with Gasteiger partial charge in [-0.1, -0.05) is 44.7 Å². The molecule has 3 N–H and O–H groups in total. The number of benzene rings is 2. The van der Waals surface area contributed by atoms with Crippen LogP contribution in [0, 0.1) is 12.7 Å². The third-order valence-corrected chi connectivity index (χ3v) is 4.23. The summed E-state index contributed by atoms with van der Waals surface area (Å²) >= 11 is 0. The van der Waals surface area contributed by atoms with Gasteiger partial charge in [0, 0.05) is 36.4 Å². The number of hydrogen-bond donors (Lipinski definition) is 3. The van der Waals surface area contributed by atoms with Gasteiger partial charge in [0.1, 0.15) is 5.82 Å². The molecule has 1 amide bonds. The van der Waals surface area contributed by atoms with Crippen LogP contribution in [-0.2, 0) is 4.79 Å². The lowest BCUT2D eigenvalue weighted by atomic mass is 10.2. The SMILES string of the molecule is C=C/C(=C\N=CC)c1cnc(Nc2cc(NC)ccc2C)o1.CC.O=CNc1ccccc1F. The summed E-state index contributed by atoms with van der Waals surface area (Å²) < 4.78 is 18.3. The summed E-state index contributed by atoms with van der Waals surface area (Å²) in [6.07, 6.45) is 7.16. The molecule has 1 aromatic heterocycles. The second kappa shape index (κ2) is 15.6. The quantitative estimate of drug-likeness (QED) is 0.193. The number of rotatable bonds is 8. The first kappa shape index (κ1) is 27.8. The van der Waals surface area contributed by atoms with Crippen molar-refractivity contribution in [2.45, 2.75) is 27.7 Å². The van der Waals surface area contributed by atoms with Crippen LogP contribution in [0.2, 0.25) is 0 Å². The number of para-hydroxylation sites is 1. The average molecular weight is 466 g/mol. The maximum atomic E-state index is 12.6. The van der Waals surface area contributed by atoms with E-state index in [1.165, 1.54) is 12.1 Å². The Kier molecular flexibility index (Phi) is 12.8. The van der Waals surface area contributed by atoms with E-state index >= 15 is 0 Å². The van der Waals surface area contributed by atoms with Crippen molar-refractivity contribution in [1.29, 1.82) is 0 Å². The van der Waals surface area contributed by atoms with Crippen molar-refractivity contribution in [3.63, 3.8) is 0 Å². The van der Waals surface area contributed by atoms with E-state index in [9.17, 15) is 9.18 Å². The van der Waals surface area contributed by atoms with Crippen molar-refractivity contribution < 1.29 is 13.6 Å². The van der Waals surface area contributed by atoms with Gasteiger partial charge in [-0.25, -0.2) is 9.37 Å². The molecule has 0 atom stereocenters. The maximum absolute atomic E-state index is 12.6. The molecule has 2 aromatic carbocycles. The molecule has 0 radical (unpaired) electrons. The number of aliphatic imine (C=N–C) groups is 1. The van der Waals surface area contributed by atoms with Gasteiger partial charge in [0.25, 0.3) is 6.01 Å². The normalized spacial score (nSPS) is 10.4. The van der Waals surface area contributed by atoms with E-state index < -0.39 is 5.82 Å². The van der Waals surface area contributed by atoms with E-state index in [4.69, 9.17) is 4.42 Å². The molecule has 8 heteroatoms. The molecule has 0 aliphatic rings. The van der Waals surface area contributed by atoms with Crippen molar-refractivity contribution in [3.05, 3.63) is 84.7 Å². The molecule has 0 bridgehead atoms. The zero-order chi connectivity index (χ0) is 25.3. The molecule has 0 saturated carbocycles. The highest BCUT2D eigenvalue weighted by molar-refractivity contribution is 5.72. The largest absolute Gasteiger partial charge is 0.423 e. The van der Waals surface area contributed by atoms with Gasteiger partial charge in [-0.05, 0) is 43.7 Å². The Morgan fingerprint density at radius 1 is 1.18 bits per heavy atom. The number of anilines is 4. The van der Waals surface area contributed by atoms with Crippen molar-refractivity contribution in [1.82, 2.24) is 4.98 Å². The third-order valence-electron chi connectivity index (χ3n) is 4.23. The number of amides is 1. The summed E-state index contributed by atoms with van der Waals surface area (Å²) in [7, 11) is 1.88. The number of oxazole rings is 1. The molecule has 0 saturated heterocycles. The number of aromatic nitrogens is 1. The van der Waals surface area contributed by atoms with E-state index in [-0.39, 0.29) is 5.69 Å². The fourth-order valence-corrected chi connectivity index (χ4v) is 2.51. The van der Waals surface area contributed by atoms with Gasteiger partial charge in [0.2, 0.25) is 6.41 Å². The molecule has 3 rings (SSSR count). The van der Waals surface area contributed by atoms with Crippen LogP contribution in [0.4, 0.5) is 27.5 Å². The Bertz CT molecular complexity index is 1110. The standard InChI is InChI=1S/C17H20N4O.C7H6FNO.C2H6/c1-5-13(10-19-6-2)16-11-20-17(22-16)21-15-9-14(18-4)8-7-12(15)3;8-6-3-1-2-4-7(6)9-5-10;1-2/h5-11,18H,1H2,2-4H3,(H,20,21);1-5H,(H,9,10);1-2H3/b13-10+,19-6?;;. The fraction of sp³-hybridized carbons (Fsp3) is 0.192. The second-order valence-electron chi connectivity index (χ2n) is 6.37. The van der Waals surface area contributed by atoms with Crippen LogP contribution in [-0.4, -0.2) is 24.7 Å². The van der Waals surface area contributed by atoms with Gasteiger partial charge in [0.05, 0.1) is 11.9 Å². The summed E-state index contributed by atoms with van der Waals surface area (Å²) in [4.78, 5) is 18.2. The Balaban J connectivity index is 0.000000402. The Morgan fingerprint density at radius 3 is 2.53 bits per heavy atom. The molecule has 0 fully saturated rings. The van der Waals surface area contributed by atoms with E-state index in [1.54, 1.807) is 36.8 Å². The molecular weight excluding hydrogens is 433 g/mol. The van der Waals surface area contributed by atoms with E-state index in [0.717, 1.165) is 22.5 Å². The van der Waals surface area contributed by atoms with Gasteiger partial charge < -0.3 is 20.4 Å². The van der Waals surface area contributed by atoms with Crippen LogP contribution in [0.15, 0.2) is 76.9 Å². The fourth-order valence-electron chi connectivity index (χ4n) is 2.51. The van der Waals surface area contributed by atoms with Crippen molar-refractivity contribution >= 4 is 41.3 Å². The molecule has 34 heavy (non-hydrogen) atoms. The monoisotopic (exact) mass is 465 g/mol. The number of carbonyl (C=O) groups excluding carboxylic acids is 1. The lowest BCUT2D eigenvalue weighted by Crippen LogP contribution is -1.95. The van der Waals surface area contributed by atoms with Crippen LogP contribution < -0.4 is 16.0 Å². The molecule has 0 aliphatic carbocycles. The first-order valence-electron chi connectivity index (χ1n) is 10.8. The Hall–Kier alpha value is -4.20. The topological polar surface area (TPSA) is 91.6 Å². The highest BCUT2D eigenvalue weighted by atomic mass is 19.1. The van der Waals surface area contributed by atoms with Crippen LogP contribution in [0.3, 0.4) is 0 Å². The Morgan fingerprint density at radius 2 is 1.91 bits per heavy atom. The molecule has 0 spiro atoms. The highest BCUT2D eigenvalue weighted by Gasteiger charge is 2.08. The molecule has 3 aromatic rings. The van der Waals surface area contributed by atoms with Gasteiger partial charge in [-0.2, -0.15) is 0 Å². The highest BCUT2D eigenvalue weighted by Crippen LogP contribution is 2.26. The van der Waals surface area contributed by atoms with E-state index in [1.807, 2.05) is 52.9 Å². The minimum atomic E-state index is -0.422. The van der Waals surface area contributed by atoms with Crippen molar-refractivity contribution in [3.8, 4) is 0 Å². The van der Waals surface area contributed by atoms with Crippen molar-refractivity contribution in [2.75, 3.05) is 23.0 Å². The number of hydrogen-bond acceptors (Lipinski definition) is 6. The van der Waals surface area contributed by atoms with E-state index in [0.29, 0.717) is 18.2 Å². The molecular formula is C26H32FN5O2. The Labute approximate surface area is 200 Å². The molecule has 7 nitrogen and oxygen atoms in total. The summed E-state index contributed by atoms with van der Waals surface area (Å²) in [5.74, 6) is 0.195. The van der Waals surface area contributed by atoms with Gasteiger partial charge in [-0.15, -0.1) is 0 Å². The first-order valence-corrected chi connectivity index (χ1v) is 10.8. The number of nitrogens with zero attached hydrogens (tertiary/aromatic N) is 2. The minimum absolute atomic E-state index is 0.206. The predicted octanol–water partition coefficient (Wildman–Crippen LogP) is 6.81. The summed E-state index contributed by atoms with van der Waals surface area (Å²) in [5, 5.41) is 8.51. The zero-order valence-electron chi connectivity index (χ0n) is 20.2. The smallest absolute Gasteiger partial charge is 0.299 e. The number of nitrogens with one attached hydrogen (secondary N) is 3. The molecule has 1 heterocycles. The number of aryl methyl sites for hydroxylation is 1. The van der Waals surface area contributed by atoms with Gasteiger partial charge in [0.15, 0.2) is 5.76 Å². The summed E-state index contributed by atoms with van der Waals surface area (Å²) in [6.45, 7) is 11.6. The molecule has 0 aliphatic heterocycles. The van der Waals surface area contributed by atoms with Crippen molar-refractivity contribution in [2.24, 2.45) is 4.99 Å². The summed E-state index contributed by atoms with van der Waals surface area (Å²) in [6, 6.07) is 12.5. The lowest BCUT2D eigenvalue weighted by Gasteiger charge is -2.08. The van der Waals surface area contributed by atoms with Gasteiger partial charge in [-0.3, -0.25) is 9.79 Å². The zero-order valence-corrected chi connectivity index (χ0v) is 20.2. The van der Waals surface area contributed by atoms with Crippen LogP contribution in [0.25, 0.3) is 5.57 Å². The summed E-state index contributed by atoms with van der Waals surface area (Å²) in [5.41, 5.74) is 4.05. The second-order valence-corrected chi connectivity index (χ2v) is 6.37. The van der Waals surface area contributed by atoms with Crippen LogP contribution in [0.5, 0.6) is 0 Å². The number of halogens is 1. The van der Waals surface area contributed by atoms with E-state index in [2.05, 4.69) is 32.5 Å². The average Bonchev–Trinajstić information content (AvgIpc) is 3.32. The first-order chi connectivity index (χ1) is 16.5. The maximum Gasteiger partial charge on any atom is 0.299 e. The third kappa shape index (κ3) is 8.74.